The predicted molar refractivity (Wildman–Crippen MR) is 101 cm³/mol. The van der Waals surface area contributed by atoms with Crippen LogP contribution in [0.5, 0.6) is 0 Å². The van der Waals surface area contributed by atoms with Crippen LogP contribution >= 0.6 is 28.4 Å². The molecule has 124 valence electrons. The summed E-state index contributed by atoms with van der Waals surface area (Å²) in [6.07, 6.45) is -4.35. The van der Waals surface area contributed by atoms with Gasteiger partial charge in [0, 0.05) is 14.7 Å². The number of alkyl halides is 3. The summed E-state index contributed by atoms with van der Waals surface area (Å²) in [6.45, 7) is 0. The normalized spacial score (nSPS) is 12.8. The first kappa shape index (κ1) is 17.4. The average molecular weight is 458 g/mol. The van der Waals surface area contributed by atoms with E-state index in [-0.39, 0.29) is 0 Å². The summed E-state index contributed by atoms with van der Waals surface area (Å²) in [7, 11) is -1.79. The summed E-state index contributed by atoms with van der Waals surface area (Å²) in [5.74, 6) is 0. The highest BCUT2D eigenvalue weighted by Crippen LogP contribution is 2.74. The van der Waals surface area contributed by atoms with Gasteiger partial charge >= 0.3 is 6.18 Å². The molecule has 0 fully saturated rings. The fraction of sp³-hybridized carbons (Fsp3) is 0.0526. The molecule has 3 aromatic carbocycles. The van der Waals surface area contributed by atoms with Crippen LogP contribution in [0, 0.1) is 0 Å². The Labute approximate surface area is 152 Å². The molecule has 0 radical (unpaired) electrons. The smallest absolute Gasteiger partial charge is 0.166 e. The van der Waals surface area contributed by atoms with E-state index in [1.807, 2.05) is 60.7 Å². The Hall–Kier alpha value is -1.47. The van der Waals surface area contributed by atoms with Crippen molar-refractivity contribution in [1.82, 2.24) is 0 Å². The molecule has 0 aliphatic carbocycles. The maximum atomic E-state index is 13.2. The van der Waals surface area contributed by atoms with Crippen molar-refractivity contribution >= 4 is 28.4 Å². The molecule has 0 atom stereocenters. The van der Waals surface area contributed by atoms with Gasteiger partial charge in [0.05, 0.1) is 5.56 Å². The fourth-order valence-corrected chi connectivity index (χ4v) is 7.49. The highest BCUT2D eigenvalue weighted by Gasteiger charge is 2.34. The average Bonchev–Trinajstić information content (AvgIpc) is 2.62. The van der Waals surface area contributed by atoms with Gasteiger partial charge in [0.1, 0.15) is 0 Å². The molecule has 3 rings (SSSR count). The minimum atomic E-state index is -4.35. The molecule has 0 aromatic heterocycles. The predicted octanol–water partition coefficient (Wildman–Crippen LogP) is 7.34. The highest BCUT2D eigenvalue weighted by atomic mass is 127. The zero-order chi connectivity index (χ0) is 17.2. The zero-order valence-electron chi connectivity index (χ0n) is 12.5. The van der Waals surface area contributed by atoms with Gasteiger partial charge in [0.15, 0.2) is 0 Å². The summed E-state index contributed by atoms with van der Waals surface area (Å²) < 4.78 is 39.5. The Kier molecular flexibility index (Phi) is 4.92. The van der Waals surface area contributed by atoms with Crippen LogP contribution in [0.4, 0.5) is 13.2 Å². The second-order valence-electron chi connectivity index (χ2n) is 5.19. The molecule has 0 N–H and O–H groups in total. The molecule has 0 heterocycles. The molecule has 0 bridgehead atoms. The topological polar surface area (TPSA) is 0 Å². The van der Waals surface area contributed by atoms with E-state index in [0.717, 1.165) is 15.9 Å². The van der Waals surface area contributed by atoms with Gasteiger partial charge in [-0.05, 0) is 63.7 Å². The van der Waals surface area contributed by atoms with Crippen LogP contribution in [0.2, 0.25) is 0 Å². The lowest BCUT2D eigenvalue weighted by Crippen LogP contribution is -2.06. The first-order valence-corrected chi connectivity index (χ1v) is 11.4. The minimum Gasteiger partial charge on any atom is -0.166 e. The molecule has 0 aliphatic heterocycles. The van der Waals surface area contributed by atoms with Crippen molar-refractivity contribution < 1.29 is 13.2 Å². The third-order valence-electron chi connectivity index (χ3n) is 3.62. The monoisotopic (exact) mass is 458 g/mol. The summed E-state index contributed by atoms with van der Waals surface area (Å²) in [6, 6.07) is 25.1. The van der Waals surface area contributed by atoms with Gasteiger partial charge in [-0.2, -0.15) is 13.2 Å². The molecule has 0 nitrogen and oxygen atoms in total. The van der Waals surface area contributed by atoms with E-state index in [1.54, 1.807) is 6.07 Å². The van der Waals surface area contributed by atoms with Crippen molar-refractivity contribution in [1.29, 1.82) is 0 Å². The maximum absolute atomic E-state index is 13.2. The minimum absolute atomic E-state index is 0.611. The van der Waals surface area contributed by atoms with Gasteiger partial charge in [-0.1, -0.05) is 42.5 Å². The number of hydrogen-bond donors (Lipinski definition) is 0. The van der Waals surface area contributed by atoms with E-state index in [2.05, 4.69) is 21.2 Å². The zero-order valence-corrected chi connectivity index (χ0v) is 15.5. The lowest BCUT2D eigenvalue weighted by Gasteiger charge is -2.35. The molecule has 0 saturated carbocycles. The third-order valence-corrected chi connectivity index (χ3v) is 10.9. The van der Waals surface area contributed by atoms with Crippen LogP contribution < -0.4 is 0 Å². The summed E-state index contributed by atoms with van der Waals surface area (Å²) >= 11 is 2.33. The Morgan fingerprint density at radius 1 is 0.625 bits per heavy atom. The van der Waals surface area contributed by atoms with Crippen molar-refractivity contribution in [2.24, 2.45) is 0 Å². The second kappa shape index (κ2) is 6.80. The SMILES string of the molecule is FC(F)(F)c1cccc(S(I)(c2ccccc2)c2ccccc2)c1. The lowest BCUT2D eigenvalue weighted by atomic mass is 10.2. The van der Waals surface area contributed by atoms with Gasteiger partial charge < -0.3 is 0 Å². The summed E-state index contributed by atoms with van der Waals surface area (Å²) in [4.78, 5) is 2.74. The first-order valence-electron chi connectivity index (χ1n) is 7.23. The quantitative estimate of drug-likeness (QED) is 0.361. The van der Waals surface area contributed by atoms with Gasteiger partial charge in [0.2, 0.25) is 0 Å². The summed E-state index contributed by atoms with van der Waals surface area (Å²) in [5, 5.41) is 0. The molecule has 0 unspecified atom stereocenters. The van der Waals surface area contributed by atoms with Crippen LogP contribution in [0.15, 0.2) is 99.6 Å². The van der Waals surface area contributed by atoms with E-state index < -0.39 is 18.9 Å². The molecule has 24 heavy (non-hydrogen) atoms. The van der Waals surface area contributed by atoms with Crippen molar-refractivity contribution in [2.75, 3.05) is 0 Å². The number of hydrogen-bond acceptors (Lipinski definition) is 0. The molecular weight excluding hydrogens is 444 g/mol. The molecule has 5 heteroatoms. The largest absolute Gasteiger partial charge is 0.416 e. The highest BCUT2D eigenvalue weighted by molar-refractivity contribution is 14.2. The Morgan fingerprint density at radius 2 is 1.08 bits per heavy atom. The Balaban J connectivity index is 2.24. The van der Waals surface area contributed by atoms with Gasteiger partial charge in [0.25, 0.3) is 0 Å². The Morgan fingerprint density at radius 3 is 1.54 bits per heavy atom. The second-order valence-corrected chi connectivity index (χ2v) is 11.6. The van der Waals surface area contributed by atoms with E-state index in [0.29, 0.717) is 4.90 Å². The molecule has 0 aliphatic rings. The first-order chi connectivity index (χ1) is 11.4. The van der Waals surface area contributed by atoms with Crippen LogP contribution in [0.3, 0.4) is 0 Å². The molecule has 0 spiro atoms. The Bertz CT molecular complexity index is 777. The van der Waals surface area contributed by atoms with Crippen molar-refractivity contribution in [3.05, 3.63) is 90.5 Å². The molecular formula is C19H14F3IS. The lowest BCUT2D eigenvalue weighted by molar-refractivity contribution is -0.137. The molecule has 0 amide bonds. The number of rotatable bonds is 3. The van der Waals surface area contributed by atoms with Gasteiger partial charge in [-0.25, -0.2) is 0 Å². The third kappa shape index (κ3) is 3.32. The van der Waals surface area contributed by atoms with Crippen LogP contribution in [-0.4, -0.2) is 0 Å². The number of halogens is 4. The number of benzene rings is 3. The van der Waals surface area contributed by atoms with Gasteiger partial charge in [-0.3, -0.25) is 0 Å². The maximum Gasteiger partial charge on any atom is 0.416 e. The summed E-state index contributed by atoms with van der Waals surface area (Å²) in [5.41, 5.74) is -0.611. The van der Waals surface area contributed by atoms with Crippen LogP contribution in [0.1, 0.15) is 5.56 Å². The van der Waals surface area contributed by atoms with E-state index >= 15 is 0 Å². The van der Waals surface area contributed by atoms with Gasteiger partial charge in [-0.15, -0.1) is 7.20 Å². The fourth-order valence-electron chi connectivity index (χ4n) is 2.47. The van der Waals surface area contributed by atoms with Crippen LogP contribution in [0.25, 0.3) is 0 Å². The van der Waals surface area contributed by atoms with E-state index in [1.165, 1.54) is 12.1 Å². The van der Waals surface area contributed by atoms with Crippen molar-refractivity contribution in [3.63, 3.8) is 0 Å². The van der Waals surface area contributed by atoms with Crippen molar-refractivity contribution in [3.8, 4) is 0 Å². The van der Waals surface area contributed by atoms with Crippen molar-refractivity contribution in [2.45, 2.75) is 20.9 Å². The molecule has 0 saturated heterocycles. The standard InChI is InChI=1S/C19H14F3IS/c20-19(21,22)15-8-7-13-18(14-15)24(23,16-9-3-1-4-10-16)17-11-5-2-6-12-17/h1-14H. The van der Waals surface area contributed by atoms with Crippen LogP contribution in [-0.2, 0) is 6.18 Å². The van der Waals surface area contributed by atoms with E-state index in [9.17, 15) is 13.2 Å². The van der Waals surface area contributed by atoms with E-state index in [4.69, 9.17) is 0 Å². The molecule has 3 aromatic rings.